The number of nitrogens with one attached hydrogen (secondary N) is 1. The van der Waals surface area contributed by atoms with E-state index < -0.39 is 5.97 Å². The Labute approximate surface area is 237 Å². The number of nitrogens with zero attached hydrogens (tertiary/aromatic N) is 3. The van der Waals surface area contributed by atoms with Gasteiger partial charge in [-0.05, 0) is 81.7 Å². The quantitative estimate of drug-likeness (QED) is 0.321. The number of Topliss-reactive ketones (excluding diaryl/α,β-unsaturated/α-hetero) is 1. The fourth-order valence-electron chi connectivity index (χ4n) is 5.59. The standard InChI is InChI=1S/C31H36N4O6/c1-19(2)35-26-13-12-24(16-25(26)28(37)34(31(35)40)18-20-6-7-20)32-30(39)33-14-4-5-21(17-33)15-27(36)22-8-10-23(11-9-22)29(38)41-3/h8-13,16,19-21H,4-7,14-15,17-18H2,1-3H3,(H,32,39). The van der Waals surface area contributed by atoms with E-state index in [0.717, 1.165) is 25.7 Å². The van der Waals surface area contributed by atoms with Gasteiger partial charge in [-0.3, -0.25) is 18.7 Å². The number of hydrogen-bond donors (Lipinski definition) is 1. The van der Waals surface area contributed by atoms with E-state index in [2.05, 4.69) is 5.32 Å². The van der Waals surface area contributed by atoms with E-state index in [9.17, 15) is 24.0 Å². The van der Waals surface area contributed by atoms with Gasteiger partial charge in [0.1, 0.15) is 0 Å². The van der Waals surface area contributed by atoms with Crippen LogP contribution in [0.3, 0.4) is 0 Å². The molecule has 2 amide bonds. The molecule has 10 nitrogen and oxygen atoms in total. The Hall–Kier alpha value is -4.21. The van der Waals surface area contributed by atoms with Gasteiger partial charge in [0, 0.05) is 43.3 Å². The highest BCUT2D eigenvalue weighted by Crippen LogP contribution is 2.30. The Morgan fingerprint density at radius 1 is 0.976 bits per heavy atom. The van der Waals surface area contributed by atoms with Gasteiger partial charge >= 0.3 is 17.7 Å². The van der Waals surface area contributed by atoms with Gasteiger partial charge in [0.05, 0.1) is 23.6 Å². The van der Waals surface area contributed by atoms with Crippen LogP contribution < -0.4 is 16.6 Å². The van der Waals surface area contributed by atoms with Crippen molar-refractivity contribution in [3.05, 3.63) is 74.4 Å². The summed E-state index contributed by atoms with van der Waals surface area (Å²) in [7, 11) is 1.31. The first-order chi connectivity index (χ1) is 19.7. The molecule has 1 aromatic heterocycles. The molecule has 41 heavy (non-hydrogen) atoms. The number of carbonyl (C=O) groups excluding carboxylic acids is 3. The molecule has 2 heterocycles. The van der Waals surface area contributed by atoms with Crippen molar-refractivity contribution in [2.45, 2.75) is 58.5 Å². The van der Waals surface area contributed by atoms with Crippen molar-refractivity contribution in [3.63, 3.8) is 0 Å². The topological polar surface area (TPSA) is 120 Å². The van der Waals surface area contributed by atoms with E-state index in [1.54, 1.807) is 51.9 Å². The molecule has 1 N–H and O–H groups in total. The van der Waals surface area contributed by atoms with Crippen molar-refractivity contribution in [1.82, 2.24) is 14.0 Å². The molecular formula is C31H36N4O6. The number of anilines is 1. The summed E-state index contributed by atoms with van der Waals surface area (Å²) in [5.41, 5.74) is 1.30. The lowest BCUT2D eigenvalue weighted by molar-refractivity contribution is 0.0600. The third-order valence-electron chi connectivity index (χ3n) is 7.98. The molecule has 3 aromatic rings. The van der Waals surface area contributed by atoms with Crippen LogP contribution in [0.2, 0.25) is 0 Å². The molecule has 1 aliphatic carbocycles. The highest BCUT2D eigenvalue weighted by molar-refractivity contribution is 5.98. The SMILES string of the molecule is COC(=O)c1ccc(C(=O)CC2CCCN(C(=O)Nc3ccc4c(c3)c(=O)n(CC3CC3)c(=O)n4C(C)C)C2)cc1. The molecule has 1 atom stereocenters. The van der Waals surface area contributed by atoms with Gasteiger partial charge in [0.15, 0.2) is 5.78 Å². The van der Waals surface area contributed by atoms with E-state index >= 15 is 0 Å². The van der Waals surface area contributed by atoms with Crippen LogP contribution in [-0.2, 0) is 11.3 Å². The normalized spacial score (nSPS) is 17.1. The number of ketones is 1. The minimum Gasteiger partial charge on any atom is -0.465 e. The van der Waals surface area contributed by atoms with Gasteiger partial charge in [-0.1, -0.05) is 12.1 Å². The van der Waals surface area contributed by atoms with E-state index in [1.807, 2.05) is 13.8 Å². The zero-order valence-electron chi connectivity index (χ0n) is 23.7. The zero-order valence-corrected chi connectivity index (χ0v) is 23.7. The molecule has 0 bridgehead atoms. The second-order valence-corrected chi connectivity index (χ2v) is 11.4. The first-order valence-electron chi connectivity index (χ1n) is 14.2. The number of aromatic nitrogens is 2. The van der Waals surface area contributed by atoms with Crippen molar-refractivity contribution >= 4 is 34.4 Å². The number of ether oxygens (including phenoxy) is 1. The van der Waals surface area contributed by atoms with E-state index in [4.69, 9.17) is 4.74 Å². The molecule has 0 radical (unpaired) electrons. The van der Waals surface area contributed by atoms with Gasteiger partial charge < -0.3 is 15.0 Å². The summed E-state index contributed by atoms with van der Waals surface area (Å²) in [5.74, 6) is -0.127. The molecule has 5 rings (SSSR count). The fraction of sp³-hybridized carbons (Fsp3) is 0.452. The zero-order chi connectivity index (χ0) is 29.3. The second kappa shape index (κ2) is 11.7. The van der Waals surface area contributed by atoms with Crippen LogP contribution in [0, 0.1) is 11.8 Å². The molecule has 10 heteroatoms. The molecule has 2 aliphatic rings. The Balaban J connectivity index is 1.29. The van der Waals surface area contributed by atoms with Crippen molar-refractivity contribution < 1.29 is 19.1 Å². The van der Waals surface area contributed by atoms with E-state index in [1.165, 1.54) is 11.7 Å². The Kier molecular flexibility index (Phi) is 8.10. The molecule has 216 valence electrons. The highest BCUT2D eigenvalue weighted by atomic mass is 16.5. The average Bonchev–Trinajstić information content (AvgIpc) is 3.79. The van der Waals surface area contributed by atoms with Gasteiger partial charge in [0.25, 0.3) is 5.56 Å². The fourth-order valence-corrected chi connectivity index (χ4v) is 5.59. The summed E-state index contributed by atoms with van der Waals surface area (Å²) in [6.45, 7) is 5.25. The molecule has 1 aliphatic heterocycles. The molecule has 1 unspecified atom stereocenters. The summed E-state index contributed by atoms with van der Waals surface area (Å²) in [5, 5.41) is 3.32. The Morgan fingerprint density at radius 2 is 1.68 bits per heavy atom. The lowest BCUT2D eigenvalue weighted by atomic mass is 9.91. The predicted octanol–water partition coefficient (Wildman–Crippen LogP) is 4.46. The van der Waals surface area contributed by atoms with Gasteiger partial charge in [-0.2, -0.15) is 0 Å². The number of rotatable bonds is 8. The number of likely N-dealkylation sites (tertiary alicyclic amines) is 1. The Morgan fingerprint density at radius 3 is 2.34 bits per heavy atom. The second-order valence-electron chi connectivity index (χ2n) is 11.4. The molecule has 0 spiro atoms. The summed E-state index contributed by atoms with van der Waals surface area (Å²) < 4.78 is 7.68. The van der Waals surface area contributed by atoms with E-state index in [0.29, 0.717) is 59.7 Å². The summed E-state index contributed by atoms with van der Waals surface area (Å²) in [4.78, 5) is 65.9. The van der Waals surface area contributed by atoms with Crippen molar-refractivity contribution in [2.75, 3.05) is 25.5 Å². The number of piperidine rings is 1. The summed E-state index contributed by atoms with van der Waals surface area (Å²) in [6, 6.07) is 11.1. The number of esters is 1. The minimum atomic E-state index is -0.456. The van der Waals surface area contributed by atoms with Crippen LogP contribution in [0.4, 0.5) is 10.5 Å². The third kappa shape index (κ3) is 6.11. The van der Waals surface area contributed by atoms with Crippen LogP contribution in [0.15, 0.2) is 52.1 Å². The smallest absolute Gasteiger partial charge is 0.337 e. The van der Waals surface area contributed by atoms with Gasteiger partial charge in [-0.15, -0.1) is 0 Å². The number of amides is 2. The lowest BCUT2D eigenvalue weighted by Gasteiger charge is -2.32. The Bertz CT molecular complexity index is 1600. The maximum atomic E-state index is 13.3. The number of urea groups is 1. The van der Waals surface area contributed by atoms with Crippen molar-refractivity contribution in [1.29, 1.82) is 0 Å². The molecule has 2 aromatic carbocycles. The molecular weight excluding hydrogens is 524 g/mol. The molecule has 1 saturated carbocycles. The first kappa shape index (κ1) is 28.3. The van der Waals surface area contributed by atoms with Crippen molar-refractivity contribution in [2.24, 2.45) is 11.8 Å². The van der Waals surface area contributed by atoms with Gasteiger partial charge in [-0.25, -0.2) is 14.4 Å². The molecule has 1 saturated heterocycles. The summed E-state index contributed by atoms with van der Waals surface area (Å²) in [6.07, 6.45) is 3.94. The monoisotopic (exact) mass is 560 g/mol. The van der Waals surface area contributed by atoms with Gasteiger partial charge in [0.2, 0.25) is 0 Å². The maximum Gasteiger partial charge on any atom is 0.337 e. The highest BCUT2D eigenvalue weighted by Gasteiger charge is 2.27. The number of hydrogen-bond acceptors (Lipinski definition) is 6. The van der Waals surface area contributed by atoms with Crippen LogP contribution >= 0.6 is 0 Å². The third-order valence-corrected chi connectivity index (χ3v) is 7.98. The first-order valence-corrected chi connectivity index (χ1v) is 14.2. The predicted molar refractivity (Wildman–Crippen MR) is 156 cm³/mol. The van der Waals surface area contributed by atoms with Crippen LogP contribution in [-0.4, -0.2) is 52.0 Å². The summed E-state index contributed by atoms with van der Waals surface area (Å²) >= 11 is 0. The largest absolute Gasteiger partial charge is 0.465 e. The number of benzene rings is 2. The van der Waals surface area contributed by atoms with Crippen LogP contribution in [0.1, 0.15) is 72.7 Å². The number of methoxy groups -OCH3 is 1. The number of carbonyl (C=O) groups is 3. The minimum absolute atomic E-state index is 0.00832. The average molecular weight is 561 g/mol. The van der Waals surface area contributed by atoms with Crippen LogP contribution in [0.25, 0.3) is 10.9 Å². The lowest BCUT2D eigenvalue weighted by Crippen LogP contribution is -2.43. The maximum absolute atomic E-state index is 13.3. The molecule has 2 fully saturated rings. The van der Waals surface area contributed by atoms with Crippen molar-refractivity contribution in [3.8, 4) is 0 Å². The van der Waals surface area contributed by atoms with Crippen LogP contribution in [0.5, 0.6) is 0 Å². The number of fused-ring (bicyclic) bond motifs is 1. The van der Waals surface area contributed by atoms with E-state index in [-0.39, 0.29) is 35.0 Å².